The second-order valence-corrected chi connectivity index (χ2v) is 8.34. The first-order chi connectivity index (χ1) is 11.9. The van der Waals surface area contributed by atoms with Crippen LogP contribution in [0.5, 0.6) is 0 Å². The van der Waals surface area contributed by atoms with Crippen LogP contribution in [0.2, 0.25) is 0 Å². The molecule has 25 heavy (non-hydrogen) atoms. The van der Waals surface area contributed by atoms with Gasteiger partial charge in [0.15, 0.2) is 9.17 Å². The van der Waals surface area contributed by atoms with Crippen LogP contribution in [-0.2, 0) is 9.59 Å². The Hall–Kier alpha value is -2.04. The van der Waals surface area contributed by atoms with Crippen molar-refractivity contribution in [3.63, 3.8) is 0 Å². The number of carboxylic acid groups (broad SMARTS) is 1. The van der Waals surface area contributed by atoms with Crippen LogP contribution in [0.1, 0.15) is 13.8 Å². The van der Waals surface area contributed by atoms with Crippen molar-refractivity contribution in [3.05, 3.63) is 22.9 Å². The molecule has 0 aromatic carbocycles. The topological polar surface area (TPSA) is 117 Å². The zero-order valence-corrected chi connectivity index (χ0v) is 14.9. The average molecular weight is 378 g/mol. The molecule has 0 spiro atoms. The summed E-state index contributed by atoms with van der Waals surface area (Å²) in [5.74, 6) is -2.24. The third kappa shape index (κ3) is 2.35. The van der Waals surface area contributed by atoms with Gasteiger partial charge in [0.25, 0.3) is 0 Å². The van der Waals surface area contributed by atoms with Crippen molar-refractivity contribution in [2.24, 2.45) is 11.8 Å². The number of thioether (sulfide) groups is 1. The number of hydrogen-bond donors (Lipinski definition) is 2. The van der Waals surface area contributed by atoms with E-state index in [9.17, 15) is 19.8 Å². The molecule has 4 unspecified atom stereocenters. The molecular weight excluding hydrogens is 364 g/mol. The fourth-order valence-corrected chi connectivity index (χ4v) is 5.70. The van der Waals surface area contributed by atoms with Gasteiger partial charge in [0, 0.05) is 10.8 Å². The van der Waals surface area contributed by atoms with Crippen LogP contribution in [0.15, 0.2) is 27.2 Å². The minimum atomic E-state index is -1.14. The molecule has 130 valence electrons. The molecule has 4 rings (SSSR count). The van der Waals surface area contributed by atoms with Crippen LogP contribution in [0.25, 0.3) is 10.3 Å². The van der Waals surface area contributed by atoms with Crippen molar-refractivity contribution in [2.45, 2.75) is 30.3 Å². The highest BCUT2D eigenvalue weighted by molar-refractivity contribution is 8.04. The van der Waals surface area contributed by atoms with Crippen molar-refractivity contribution < 1.29 is 19.8 Å². The van der Waals surface area contributed by atoms with Gasteiger partial charge in [0.1, 0.15) is 11.2 Å². The summed E-state index contributed by atoms with van der Waals surface area (Å²) in [4.78, 5) is 31.1. The number of thiazole rings is 1. The Bertz CT molecular complexity index is 892. The number of aliphatic carboxylic acids is 1. The fourth-order valence-electron chi connectivity index (χ4n) is 3.47. The van der Waals surface area contributed by atoms with E-state index in [-0.39, 0.29) is 23.6 Å². The molecule has 1 amide bonds. The molecule has 1 fully saturated rings. The van der Waals surface area contributed by atoms with E-state index in [0.717, 1.165) is 0 Å². The molecule has 4 heterocycles. The van der Waals surface area contributed by atoms with E-state index in [2.05, 4.69) is 15.2 Å². The molecule has 2 N–H and O–H groups in total. The van der Waals surface area contributed by atoms with Gasteiger partial charge in [-0.1, -0.05) is 30.0 Å². The number of aliphatic hydroxyl groups is 1. The summed E-state index contributed by atoms with van der Waals surface area (Å²) >= 11 is 2.58. The molecule has 0 aliphatic carbocycles. The van der Waals surface area contributed by atoms with E-state index in [1.807, 2.05) is 6.92 Å². The van der Waals surface area contributed by atoms with Crippen LogP contribution < -0.4 is 0 Å². The summed E-state index contributed by atoms with van der Waals surface area (Å²) in [6.07, 6.45) is 0.738. The number of hydrogen-bond acceptors (Lipinski definition) is 8. The maximum absolute atomic E-state index is 12.3. The molecular formula is C15H14N4O4S2. The minimum absolute atomic E-state index is 0.00487. The lowest BCUT2D eigenvalue weighted by atomic mass is 9.79. The van der Waals surface area contributed by atoms with Crippen molar-refractivity contribution >= 4 is 45.3 Å². The van der Waals surface area contributed by atoms with Crippen LogP contribution in [0.4, 0.5) is 0 Å². The number of carbonyl (C=O) groups is 2. The van der Waals surface area contributed by atoms with Crippen molar-refractivity contribution in [1.82, 2.24) is 20.1 Å². The molecule has 0 bridgehead atoms. The second kappa shape index (κ2) is 5.75. The molecule has 8 nitrogen and oxygen atoms in total. The third-order valence-electron chi connectivity index (χ3n) is 4.57. The largest absolute Gasteiger partial charge is 0.477 e. The fraction of sp³-hybridized carbons (Fsp3) is 0.400. The quantitative estimate of drug-likeness (QED) is 0.766. The number of aliphatic hydroxyl groups excluding tert-OH is 1. The van der Waals surface area contributed by atoms with E-state index >= 15 is 0 Å². The highest BCUT2D eigenvalue weighted by atomic mass is 32.2. The van der Waals surface area contributed by atoms with E-state index in [1.165, 1.54) is 28.0 Å². The van der Waals surface area contributed by atoms with Crippen LogP contribution in [-0.4, -0.2) is 54.3 Å². The molecule has 1 saturated heterocycles. The smallest absolute Gasteiger partial charge is 0.353 e. The van der Waals surface area contributed by atoms with E-state index < -0.39 is 18.0 Å². The maximum Gasteiger partial charge on any atom is 0.353 e. The lowest BCUT2D eigenvalue weighted by molar-refractivity contribution is -0.163. The van der Waals surface area contributed by atoms with Crippen molar-refractivity contribution in [2.75, 3.05) is 0 Å². The summed E-state index contributed by atoms with van der Waals surface area (Å²) in [6, 6.07) is 1.42. The summed E-state index contributed by atoms with van der Waals surface area (Å²) in [7, 11) is 0. The number of aromatic nitrogens is 3. The van der Waals surface area contributed by atoms with Gasteiger partial charge < -0.3 is 15.1 Å². The van der Waals surface area contributed by atoms with Gasteiger partial charge in [0.05, 0.1) is 24.3 Å². The number of amides is 1. The van der Waals surface area contributed by atoms with E-state index in [1.54, 1.807) is 19.2 Å². The molecule has 2 aromatic rings. The molecule has 0 saturated carbocycles. The third-order valence-corrected chi connectivity index (χ3v) is 6.87. The van der Waals surface area contributed by atoms with E-state index in [4.69, 9.17) is 0 Å². The molecule has 2 aliphatic rings. The van der Waals surface area contributed by atoms with Gasteiger partial charge in [-0.15, -0.1) is 5.10 Å². The Morgan fingerprint density at radius 2 is 2.24 bits per heavy atom. The summed E-state index contributed by atoms with van der Waals surface area (Å²) in [6.45, 7) is 3.44. The van der Waals surface area contributed by atoms with Gasteiger partial charge in [-0.05, 0) is 13.0 Å². The van der Waals surface area contributed by atoms with Crippen molar-refractivity contribution in [1.29, 1.82) is 0 Å². The lowest BCUT2D eigenvalue weighted by Gasteiger charge is -2.46. The van der Waals surface area contributed by atoms with Crippen LogP contribution in [0, 0.1) is 11.8 Å². The highest BCUT2D eigenvalue weighted by Crippen LogP contribution is 2.52. The predicted molar refractivity (Wildman–Crippen MR) is 90.7 cm³/mol. The SMILES string of the molecule is CC(O)C1C(=O)N2C(C(=O)O)=C(Sc3nc4ccnnc4s3)C(C)C12. The Kier molecular flexibility index (Phi) is 3.78. The Morgan fingerprint density at radius 1 is 1.48 bits per heavy atom. The average Bonchev–Trinajstić information content (AvgIpc) is 3.05. The van der Waals surface area contributed by atoms with Gasteiger partial charge in [-0.25, -0.2) is 9.78 Å². The zero-order valence-electron chi connectivity index (χ0n) is 13.3. The van der Waals surface area contributed by atoms with Crippen LogP contribution >= 0.6 is 23.1 Å². The number of nitrogens with zero attached hydrogens (tertiary/aromatic N) is 4. The summed E-state index contributed by atoms with van der Waals surface area (Å²) in [5.41, 5.74) is 0.696. The van der Waals surface area contributed by atoms with Gasteiger partial charge in [0.2, 0.25) is 5.91 Å². The zero-order chi connectivity index (χ0) is 17.9. The minimum Gasteiger partial charge on any atom is -0.477 e. The van der Waals surface area contributed by atoms with Gasteiger partial charge in [-0.3, -0.25) is 4.79 Å². The van der Waals surface area contributed by atoms with E-state index in [0.29, 0.717) is 19.6 Å². The highest BCUT2D eigenvalue weighted by Gasteiger charge is 2.60. The normalized spacial score (nSPS) is 26.8. The first-order valence-corrected chi connectivity index (χ1v) is 9.28. The van der Waals surface area contributed by atoms with Crippen molar-refractivity contribution in [3.8, 4) is 0 Å². The van der Waals surface area contributed by atoms with Gasteiger partial charge >= 0.3 is 5.97 Å². The number of rotatable bonds is 4. The summed E-state index contributed by atoms with van der Waals surface area (Å²) in [5, 5.41) is 27.3. The predicted octanol–water partition coefficient (Wildman–Crippen LogP) is 1.33. The maximum atomic E-state index is 12.3. The number of fused-ring (bicyclic) bond motifs is 2. The number of carbonyl (C=O) groups excluding carboxylic acids is 1. The number of carboxylic acids is 1. The van der Waals surface area contributed by atoms with Gasteiger partial charge in [-0.2, -0.15) is 5.10 Å². The summed E-state index contributed by atoms with van der Waals surface area (Å²) < 4.78 is 0.652. The standard InChI is InChI=1S/C15H14N4O4S2/c1-5-9-8(6(2)20)13(21)19(9)10(14(22)23)11(5)24-15-17-7-3-4-16-18-12(7)25-15/h3-6,8-9,20H,1-2H3,(H,22,23). The Morgan fingerprint density at radius 3 is 2.88 bits per heavy atom. The Labute approximate surface area is 150 Å². The molecule has 2 aromatic heterocycles. The lowest BCUT2D eigenvalue weighted by Crippen LogP contribution is -2.63. The molecule has 10 heteroatoms. The molecule has 2 aliphatic heterocycles. The first-order valence-electron chi connectivity index (χ1n) is 7.65. The Balaban J connectivity index is 1.72. The number of β-lactam (4-membered cyclic amide) rings is 1. The first kappa shape index (κ1) is 16.4. The molecule has 4 atom stereocenters. The molecule has 0 radical (unpaired) electrons. The monoisotopic (exact) mass is 378 g/mol. The van der Waals surface area contributed by atoms with Crippen LogP contribution in [0.3, 0.4) is 0 Å². The second-order valence-electron chi connectivity index (χ2n) is 6.08.